The summed E-state index contributed by atoms with van der Waals surface area (Å²) in [6.07, 6.45) is 1.27. The van der Waals surface area contributed by atoms with Gasteiger partial charge in [-0.3, -0.25) is 14.9 Å². The van der Waals surface area contributed by atoms with Gasteiger partial charge in [0.2, 0.25) is 0 Å². The lowest BCUT2D eigenvalue weighted by Gasteiger charge is -2.08. The molecule has 0 atom stereocenters. The van der Waals surface area contributed by atoms with E-state index in [9.17, 15) is 25.0 Å². The van der Waals surface area contributed by atoms with Crippen LogP contribution in [0.25, 0.3) is 6.08 Å². The Morgan fingerprint density at radius 3 is 2.47 bits per heavy atom. The summed E-state index contributed by atoms with van der Waals surface area (Å²) in [6, 6.07) is 18.0. The molecule has 3 rings (SSSR count). The molecule has 3 aromatic rings. The number of nitro benzene ring substituents is 1. The van der Waals surface area contributed by atoms with Gasteiger partial charge in [-0.2, -0.15) is 5.26 Å². The normalized spacial score (nSPS) is 10.7. The van der Waals surface area contributed by atoms with Crippen LogP contribution in [0, 0.1) is 21.4 Å². The zero-order valence-electron chi connectivity index (χ0n) is 17.7. The molecule has 0 saturated heterocycles. The number of carbonyl (C=O) groups is 2. The van der Waals surface area contributed by atoms with E-state index in [2.05, 4.69) is 5.32 Å². The number of esters is 1. The van der Waals surface area contributed by atoms with Crippen LogP contribution in [0.3, 0.4) is 0 Å². The first-order chi connectivity index (χ1) is 16.3. The first-order valence-corrected chi connectivity index (χ1v) is 10.0. The van der Waals surface area contributed by atoms with Gasteiger partial charge in [-0.25, -0.2) is 4.79 Å². The molecule has 0 radical (unpaired) electrons. The molecule has 34 heavy (non-hydrogen) atoms. The second-order valence-corrected chi connectivity index (χ2v) is 7.17. The average molecular weight is 478 g/mol. The van der Waals surface area contributed by atoms with Crippen molar-refractivity contribution in [3.05, 3.63) is 98.6 Å². The molecule has 0 aromatic heterocycles. The van der Waals surface area contributed by atoms with Crippen molar-refractivity contribution in [1.82, 2.24) is 0 Å². The first-order valence-electron chi connectivity index (χ1n) is 9.64. The van der Waals surface area contributed by atoms with Crippen LogP contribution in [0.4, 0.5) is 11.4 Å². The number of hydrogen-bond donors (Lipinski definition) is 1. The standard InChI is InChI=1S/C24H16ClN3O6/c1-33-19-9-10-21(22(13-19)28(31)32)27-23(29)17(14-26)11-15-3-2-4-20(12-15)34-24(30)16-5-7-18(25)8-6-16/h2-13H,1H3,(H,27,29)/b17-11+. The van der Waals surface area contributed by atoms with Gasteiger partial charge in [0.05, 0.1) is 23.7 Å². The highest BCUT2D eigenvalue weighted by Crippen LogP contribution is 2.29. The minimum Gasteiger partial charge on any atom is -0.496 e. The summed E-state index contributed by atoms with van der Waals surface area (Å²) in [5, 5.41) is 23.6. The van der Waals surface area contributed by atoms with Crippen molar-refractivity contribution in [3.8, 4) is 17.6 Å². The molecule has 1 amide bonds. The summed E-state index contributed by atoms with van der Waals surface area (Å²) < 4.78 is 10.3. The number of ether oxygens (including phenoxy) is 2. The summed E-state index contributed by atoms with van der Waals surface area (Å²) in [4.78, 5) is 35.5. The van der Waals surface area contributed by atoms with Gasteiger partial charge in [0, 0.05) is 5.02 Å². The molecular weight excluding hydrogens is 462 g/mol. The lowest BCUT2D eigenvalue weighted by Crippen LogP contribution is -2.14. The molecule has 0 heterocycles. The summed E-state index contributed by atoms with van der Waals surface area (Å²) in [5.74, 6) is -1.02. The molecule has 3 aromatic carbocycles. The number of anilines is 1. The van der Waals surface area contributed by atoms with E-state index in [0.717, 1.165) is 6.07 Å². The number of rotatable bonds is 7. The van der Waals surface area contributed by atoms with Crippen molar-refractivity contribution >= 4 is 40.9 Å². The third-order valence-corrected chi connectivity index (χ3v) is 4.73. The maximum absolute atomic E-state index is 12.6. The molecule has 0 aliphatic heterocycles. The highest BCUT2D eigenvalue weighted by Gasteiger charge is 2.19. The number of nitriles is 1. The van der Waals surface area contributed by atoms with E-state index in [1.54, 1.807) is 30.3 Å². The van der Waals surface area contributed by atoms with E-state index in [1.807, 2.05) is 0 Å². The predicted octanol–water partition coefficient (Wildman–Crippen LogP) is 5.02. The lowest BCUT2D eigenvalue weighted by atomic mass is 10.1. The Morgan fingerprint density at radius 1 is 1.09 bits per heavy atom. The fourth-order valence-corrected chi connectivity index (χ4v) is 2.95. The van der Waals surface area contributed by atoms with Crippen molar-refractivity contribution in [2.75, 3.05) is 12.4 Å². The van der Waals surface area contributed by atoms with Crippen LogP contribution in [-0.2, 0) is 4.79 Å². The van der Waals surface area contributed by atoms with E-state index in [-0.39, 0.29) is 28.4 Å². The molecule has 10 heteroatoms. The monoisotopic (exact) mass is 477 g/mol. The number of nitrogens with zero attached hydrogens (tertiary/aromatic N) is 2. The Bertz CT molecular complexity index is 1330. The molecule has 0 aliphatic rings. The Hall–Kier alpha value is -4.68. The molecule has 9 nitrogen and oxygen atoms in total. The van der Waals surface area contributed by atoms with E-state index in [4.69, 9.17) is 21.1 Å². The summed E-state index contributed by atoms with van der Waals surface area (Å²) in [7, 11) is 1.36. The minimum atomic E-state index is -0.848. The Morgan fingerprint density at radius 2 is 1.82 bits per heavy atom. The molecule has 1 N–H and O–H groups in total. The second kappa shape index (κ2) is 10.8. The van der Waals surface area contributed by atoms with Crippen molar-refractivity contribution in [2.45, 2.75) is 0 Å². The highest BCUT2D eigenvalue weighted by molar-refractivity contribution is 6.30. The zero-order chi connectivity index (χ0) is 24.7. The summed E-state index contributed by atoms with van der Waals surface area (Å²) in [6.45, 7) is 0. The second-order valence-electron chi connectivity index (χ2n) is 6.73. The van der Waals surface area contributed by atoms with E-state index >= 15 is 0 Å². The van der Waals surface area contributed by atoms with Crippen LogP contribution < -0.4 is 14.8 Å². The smallest absolute Gasteiger partial charge is 0.343 e. The van der Waals surface area contributed by atoms with Crippen molar-refractivity contribution in [2.24, 2.45) is 0 Å². The van der Waals surface area contributed by atoms with Crippen molar-refractivity contribution in [1.29, 1.82) is 5.26 Å². The highest BCUT2D eigenvalue weighted by atomic mass is 35.5. The number of hydrogen-bond acceptors (Lipinski definition) is 7. The molecule has 170 valence electrons. The van der Waals surface area contributed by atoms with Crippen LogP contribution >= 0.6 is 11.6 Å². The molecule has 0 bridgehead atoms. The zero-order valence-corrected chi connectivity index (χ0v) is 18.4. The van der Waals surface area contributed by atoms with Gasteiger partial charge in [-0.1, -0.05) is 23.7 Å². The molecule has 0 aliphatic carbocycles. The molecule has 0 fully saturated rings. The van der Waals surface area contributed by atoms with Gasteiger partial charge in [0.1, 0.15) is 28.8 Å². The maximum atomic E-state index is 12.6. The Labute approximate surface area is 198 Å². The number of nitro groups is 1. The van der Waals surface area contributed by atoms with Crippen LogP contribution in [-0.4, -0.2) is 23.9 Å². The topological polar surface area (TPSA) is 132 Å². The van der Waals surface area contributed by atoms with Gasteiger partial charge in [-0.05, 0) is 60.2 Å². The minimum absolute atomic E-state index is 0.0948. The van der Waals surface area contributed by atoms with Crippen LogP contribution in [0.1, 0.15) is 15.9 Å². The maximum Gasteiger partial charge on any atom is 0.343 e. The molecule has 0 spiro atoms. The van der Waals surface area contributed by atoms with Crippen LogP contribution in [0.2, 0.25) is 5.02 Å². The third-order valence-electron chi connectivity index (χ3n) is 4.47. The molecular formula is C24H16ClN3O6. The average Bonchev–Trinajstić information content (AvgIpc) is 2.83. The van der Waals surface area contributed by atoms with Gasteiger partial charge in [-0.15, -0.1) is 0 Å². The number of halogens is 1. The number of benzene rings is 3. The molecule has 0 saturated carbocycles. The first kappa shape index (κ1) is 24.0. The number of amides is 1. The van der Waals surface area contributed by atoms with E-state index in [0.29, 0.717) is 16.1 Å². The SMILES string of the molecule is COc1ccc(NC(=O)/C(C#N)=C/c2cccc(OC(=O)c3ccc(Cl)cc3)c2)c([N+](=O)[O-])c1. The van der Waals surface area contributed by atoms with Gasteiger partial charge >= 0.3 is 5.97 Å². The summed E-state index contributed by atoms with van der Waals surface area (Å²) >= 11 is 5.82. The van der Waals surface area contributed by atoms with E-state index in [1.165, 1.54) is 49.6 Å². The van der Waals surface area contributed by atoms with Crippen LogP contribution in [0.5, 0.6) is 11.5 Å². The van der Waals surface area contributed by atoms with Gasteiger partial charge in [0.15, 0.2) is 0 Å². The number of carbonyl (C=O) groups excluding carboxylic acids is 2. The number of methoxy groups -OCH3 is 1. The van der Waals surface area contributed by atoms with Crippen molar-refractivity contribution in [3.63, 3.8) is 0 Å². The van der Waals surface area contributed by atoms with Crippen LogP contribution in [0.15, 0.2) is 72.3 Å². The Balaban J connectivity index is 1.80. The summed E-state index contributed by atoms with van der Waals surface area (Å²) in [5.41, 5.74) is -0.101. The fraction of sp³-hybridized carbons (Fsp3) is 0.0417. The van der Waals surface area contributed by atoms with E-state index < -0.39 is 16.8 Å². The predicted molar refractivity (Wildman–Crippen MR) is 125 cm³/mol. The Kier molecular flexibility index (Phi) is 7.59. The fourth-order valence-electron chi connectivity index (χ4n) is 2.82. The van der Waals surface area contributed by atoms with Crippen molar-refractivity contribution < 1.29 is 24.0 Å². The third kappa shape index (κ3) is 5.97. The van der Waals surface area contributed by atoms with Gasteiger partial charge in [0.25, 0.3) is 11.6 Å². The quantitative estimate of drug-likeness (QED) is 0.126. The largest absolute Gasteiger partial charge is 0.496 e. The lowest BCUT2D eigenvalue weighted by molar-refractivity contribution is -0.384. The van der Waals surface area contributed by atoms with Gasteiger partial charge < -0.3 is 14.8 Å². The molecule has 0 unspecified atom stereocenters. The number of nitrogens with one attached hydrogen (secondary N) is 1.